The lowest BCUT2D eigenvalue weighted by Gasteiger charge is -2.11. The van der Waals surface area contributed by atoms with Crippen LogP contribution in [0.2, 0.25) is 0 Å². The summed E-state index contributed by atoms with van der Waals surface area (Å²) in [5.74, 6) is 1.12. The fraction of sp³-hybridized carbons (Fsp3) is 0.500. The Morgan fingerprint density at radius 1 is 1.50 bits per heavy atom. The maximum absolute atomic E-state index is 5.15. The van der Waals surface area contributed by atoms with Crippen LogP contribution in [0.1, 0.15) is 25.3 Å². The summed E-state index contributed by atoms with van der Waals surface area (Å²) >= 11 is 1.53. The summed E-state index contributed by atoms with van der Waals surface area (Å²) < 4.78 is 8.30. The Bertz CT molecular complexity index is 302. The molecule has 0 bridgehead atoms. The Morgan fingerprint density at radius 3 is 2.71 bits per heavy atom. The van der Waals surface area contributed by atoms with Crippen molar-refractivity contribution in [1.29, 1.82) is 0 Å². The van der Waals surface area contributed by atoms with Gasteiger partial charge >= 0.3 is 0 Å². The van der Waals surface area contributed by atoms with E-state index >= 15 is 0 Å². The van der Waals surface area contributed by atoms with Gasteiger partial charge < -0.3 is 9.46 Å². The fourth-order valence-corrected chi connectivity index (χ4v) is 1.50. The van der Waals surface area contributed by atoms with E-state index < -0.39 is 0 Å². The normalized spacial score (nSPS) is 10.4. The molecule has 0 atom stereocenters. The van der Waals surface area contributed by atoms with E-state index in [2.05, 4.69) is 29.6 Å². The average Bonchev–Trinajstić information content (AvgIpc) is 2.18. The molecular weight excluding hydrogens is 196 g/mol. The second kappa shape index (κ2) is 5.10. The second-order valence-corrected chi connectivity index (χ2v) is 3.90. The number of pyridine rings is 1. The van der Waals surface area contributed by atoms with Gasteiger partial charge in [-0.25, -0.2) is 4.98 Å². The molecule has 1 heterocycles. The number of rotatable bonds is 4. The van der Waals surface area contributed by atoms with E-state index in [1.165, 1.54) is 17.5 Å². The quantitative estimate of drug-likeness (QED) is 0.778. The average molecular weight is 212 g/mol. The van der Waals surface area contributed by atoms with Gasteiger partial charge in [0.1, 0.15) is 5.69 Å². The van der Waals surface area contributed by atoms with E-state index in [1.807, 2.05) is 12.5 Å². The molecule has 0 aliphatic heterocycles. The van der Waals surface area contributed by atoms with Crippen molar-refractivity contribution < 1.29 is 4.74 Å². The first-order valence-corrected chi connectivity index (χ1v) is 5.74. The molecule has 1 aromatic heterocycles. The summed E-state index contributed by atoms with van der Waals surface area (Å²) in [6.45, 7) is 4.29. The van der Waals surface area contributed by atoms with Gasteiger partial charge in [0.25, 0.3) is 0 Å². The topological polar surface area (TPSA) is 34.1 Å². The van der Waals surface area contributed by atoms with Crippen LogP contribution in [0, 0.1) is 0 Å². The number of nitrogens with one attached hydrogen (secondary N) is 1. The predicted molar refractivity (Wildman–Crippen MR) is 62.0 cm³/mol. The number of hydrogen-bond acceptors (Lipinski definition) is 4. The van der Waals surface area contributed by atoms with Crippen molar-refractivity contribution in [3.8, 4) is 5.88 Å². The molecular formula is C10H16N2OS. The zero-order valence-corrected chi connectivity index (χ0v) is 9.81. The van der Waals surface area contributed by atoms with Crippen molar-refractivity contribution in [2.24, 2.45) is 0 Å². The van der Waals surface area contributed by atoms with Crippen LogP contribution in [0.3, 0.4) is 0 Å². The minimum atomic E-state index is 0.482. The Morgan fingerprint density at radius 2 is 2.21 bits per heavy atom. The lowest BCUT2D eigenvalue weighted by Crippen LogP contribution is -1.97. The van der Waals surface area contributed by atoms with E-state index in [9.17, 15) is 0 Å². The second-order valence-electron chi connectivity index (χ2n) is 3.29. The van der Waals surface area contributed by atoms with Crippen LogP contribution in [0.15, 0.2) is 12.3 Å². The summed E-state index contributed by atoms with van der Waals surface area (Å²) in [5, 5.41) is 0. The Balaban J connectivity index is 3.01. The van der Waals surface area contributed by atoms with Gasteiger partial charge in [0, 0.05) is 12.5 Å². The molecule has 1 aromatic rings. The molecule has 0 saturated heterocycles. The smallest absolute Gasteiger partial charge is 0.237 e. The SMILES string of the molecule is COc1ncc(C(C)C)cc1NSC. The summed E-state index contributed by atoms with van der Waals surface area (Å²) in [7, 11) is 1.63. The van der Waals surface area contributed by atoms with Crippen molar-refractivity contribution in [2.45, 2.75) is 19.8 Å². The van der Waals surface area contributed by atoms with Crippen molar-refractivity contribution in [1.82, 2.24) is 4.98 Å². The number of methoxy groups -OCH3 is 1. The minimum Gasteiger partial charge on any atom is -0.480 e. The van der Waals surface area contributed by atoms with Crippen molar-refractivity contribution in [2.75, 3.05) is 18.1 Å². The van der Waals surface area contributed by atoms with Crippen LogP contribution in [0.4, 0.5) is 5.69 Å². The monoisotopic (exact) mass is 212 g/mol. The third-order valence-electron chi connectivity index (χ3n) is 1.94. The molecule has 3 nitrogen and oxygen atoms in total. The molecule has 0 aliphatic rings. The Hall–Kier alpha value is -0.900. The highest BCUT2D eigenvalue weighted by Crippen LogP contribution is 2.27. The fourth-order valence-electron chi connectivity index (χ4n) is 1.13. The highest BCUT2D eigenvalue weighted by atomic mass is 32.2. The summed E-state index contributed by atoms with van der Waals surface area (Å²) in [5.41, 5.74) is 2.15. The molecule has 1 N–H and O–H groups in total. The van der Waals surface area contributed by atoms with Gasteiger partial charge in [-0.1, -0.05) is 25.8 Å². The van der Waals surface area contributed by atoms with Crippen molar-refractivity contribution in [3.63, 3.8) is 0 Å². The molecule has 14 heavy (non-hydrogen) atoms. The largest absolute Gasteiger partial charge is 0.480 e. The van der Waals surface area contributed by atoms with E-state index in [0.717, 1.165) is 5.69 Å². The molecule has 0 aromatic carbocycles. The summed E-state index contributed by atoms with van der Waals surface area (Å²) in [4.78, 5) is 4.24. The van der Waals surface area contributed by atoms with Gasteiger partial charge in [-0.3, -0.25) is 0 Å². The molecule has 0 radical (unpaired) electrons. The zero-order chi connectivity index (χ0) is 10.6. The van der Waals surface area contributed by atoms with E-state index in [4.69, 9.17) is 4.74 Å². The van der Waals surface area contributed by atoms with Gasteiger partial charge in [0.2, 0.25) is 5.88 Å². The third kappa shape index (κ3) is 2.54. The molecule has 0 aliphatic carbocycles. The van der Waals surface area contributed by atoms with Gasteiger partial charge in [-0.05, 0) is 17.5 Å². The van der Waals surface area contributed by atoms with E-state index in [1.54, 1.807) is 7.11 Å². The standard InChI is InChI=1S/C10H16N2OS/c1-7(2)8-5-9(12-14-4)10(13-3)11-6-8/h5-7,12H,1-4H3. The number of aromatic nitrogens is 1. The molecule has 0 spiro atoms. The van der Waals surface area contributed by atoms with Crippen LogP contribution < -0.4 is 9.46 Å². The Labute approximate surface area is 89.4 Å². The number of ether oxygens (including phenoxy) is 1. The number of nitrogens with zero attached hydrogens (tertiary/aromatic N) is 1. The van der Waals surface area contributed by atoms with Gasteiger partial charge in [0.15, 0.2) is 0 Å². The zero-order valence-electron chi connectivity index (χ0n) is 9.00. The maximum Gasteiger partial charge on any atom is 0.237 e. The van der Waals surface area contributed by atoms with Crippen LogP contribution in [0.25, 0.3) is 0 Å². The minimum absolute atomic E-state index is 0.482. The van der Waals surface area contributed by atoms with Crippen LogP contribution in [-0.2, 0) is 0 Å². The first kappa shape index (κ1) is 11.2. The van der Waals surface area contributed by atoms with Gasteiger partial charge in [0.05, 0.1) is 7.11 Å². The number of anilines is 1. The molecule has 78 valence electrons. The van der Waals surface area contributed by atoms with Crippen LogP contribution in [0.5, 0.6) is 5.88 Å². The molecule has 4 heteroatoms. The number of hydrogen-bond donors (Lipinski definition) is 1. The molecule has 0 amide bonds. The predicted octanol–water partition coefficient (Wildman–Crippen LogP) is 2.90. The lowest BCUT2D eigenvalue weighted by molar-refractivity contribution is 0.400. The van der Waals surface area contributed by atoms with Gasteiger partial charge in [-0.2, -0.15) is 0 Å². The maximum atomic E-state index is 5.15. The van der Waals surface area contributed by atoms with Gasteiger partial charge in [-0.15, -0.1) is 0 Å². The first-order valence-electron chi connectivity index (χ1n) is 4.52. The molecule has 0 unspecified atom stereocenters. The molecule has 1 rings (SSSR count). The highest BCUT2D eigenvalue weighted by molar-refractivity contribution is 7.99. The summed E-state index contributed by atoms with van der Waals surface area (Å²) in [6, 6.07) is 2.08. The van der Waals surface area contributed by atoms with Crippen molar-refractivity contribution in [3.05, 3.63) is 17.8 Å². The van der Waals surface area contributed by atoms with E-state index in [-0.39, 0.29) is 0 Å². The third-order valence-corrected chi connectivity index (χ3v) is 2.37. The van der Waals surface area contributed by atoms with Crippen molar-refractivity contribution >= 4 is 17.6 Å². The molecule has 0 fully saturated rings. The Kier molecular flexibility index (Phi) is 4.07. The highest BCUT2D eigenvalue weighted by Gasteiger charge is 2.07. The van der Waals surface area contributed by atoms with E-state index in [0.29, 0.717) is 11.8 Å². The van der Waals surface area contributed by atoms with Crippen LogP contribution >= 0.6 is 11.9 Å². The van der Waals surface area contributed by atoms with Crippen LogP contribution in [-0.4, -0.2) is 18.3 Å². The first-order chi connectivity index (χ1) is 6.69. The molecule has 0 saturated carbocycles. The lowest BCUT2D eigenvalue weighted by atomic mass is 10.1. The summed E-state index contributed by atoms with van der Waals surface area (Å²) in [6.07, 6.45) is 3.83.